The molecule has 1 amide bonds. The first-order valence-electron chi connectivity index (χ1n) is 16.4. The van der Waals surface area contributed by atoms with E-state index in [9.17, 15) is 4.79 Å². The van der Waals surface area contributed by atoms with Crippen LogP contribution in [0.4, 0.5) is 0 Å². The average molecular weight is 614 g/mol. The van der Waals surface area contributed by atoms with Gasteiger partial charge in [-0.3, -0.25) is 14.6 Å². The van der Waals surface area contributed by atoms with Gasteiger partial charge in [0.15, 0.2) is 0 Å². The molecule has 0 N–H and O–H groups in total. The highest BCUT2D eigenvalue weighted by molar-refractivity contribution is 5.76. The largest absolute Gasteiger partial charge is 0.481 e. The van der Waals surface area contributed by atoms with Crippen molar-refractivity contribution in [2.24, 2.45) is 0 Å². The molecule has 1 aliphatic carbocycles. The minimum atomic E-state index is -0.0226. The third kappa shape index (κ3) is 7.32. The number of piperazine rings is 2. The summed E-state index contributed by atoms with van der Waals surface area (Å²) >= 11 is 0. The molecule has 6 rings (SSSR count). The molecule has 1 aromatic heterocycles. The molecule has 0 bridgehead atoms. The molecule has 3 fully saturated rings. The maximum absolute atomic E-state index is 13.1. The van der Waals surface area contributed by atoms with Crippen molar-refractivity contribution in [3.63, 3.8) is 0 Å². The molecule has 3 aliphatic rings. The van der Waals surface area contributed by atoms with E-state index in [1.165, 1.54) is 11.1 Å². The summed E-state index contributed by atoms with van der Waals surface area (Å²) < 4.78 is 17.4. The van der Waals surface area contributed by atoms with Crippen LogP contribution in [0.15, 0.2) is 60.7 Å². The van der Waals surface area contributed by atoms with Gasteiger partial charge in [-0.05, 0) is 37.8 Å². The second-order valence-corrected chi connectivity index (χ2v) is 12.9. The molecular weight excluding hydrogens is 566 g/mol. The highest BCUT2D eigenvalue weighted by atomic mass is 16.5. The lowest BCUT2D eigenvalue weighted by molar-refractivity contribution is -0.137. The van der Waals surface area contributed by atoms with Gasteiger partial charge in [0.2, 0.25) is 17.7 Å². The summed E-state index contributed by atoms with van der Waals surface area (Å²) in [5.41, 5.74) is 3.49. The standard InChI is InChI=1S/C36H47N5O4/c1-25(2)45-36-30(35(44-4)37-34(38-36)28-15-16-28)23-39-21-29-22-40(32(42)17-20-43-3)18-19-41(29)31(24-39)33(26-11-7-5-8-12-26)27-13-9-6-10-14-27/h5-14,25,28-29,31,33H,15-24H2,1-4H3. The van der Waals surface area contributed by atoms with Crippen molar-refractivity contribution in [2.45, 2.75) is 69.7 Å². The van der Waals surface area contributed by atoms with Crippen LogP contribution in [0, 0.1) is 0 Å². The fourth-order valence-electron chi connectivity index (χ4n) is 7.00. The number of ether oxygens (including phenoxy) is 3. The van der Waals surface area contributed by atoms with Crippen LogP contribution in [0.5, 0.6) is 11.8 Å². The molecular formula is C36H47N5O4. The lowest BCUT2D eigenvalue weighted by atomic mass is 9.81. The monoisotopic (exact) mass is 613 g/mol. The molecule has 9 heteroatoms. The maximum atomic E-state index is 13.1. The van der Waals surface area contributed by atoms with Gasteiger partial charge in [0.25, 0.3) is 0 Å². The van der Waals surface area contributed by atoms with E-state index in [2.05, 4.69) is 70.5 Å². The first-order chi connectivity index (χ1) is 21.9. The molecule has 9 nitrogen and oxygen atoms in total. The number of hydrogen-bond donors (Lipinski definition) is 0. The summed E-state index contributed by atoms with van der Waals surface area (Å²) in [4.78, 5) is 30.1. The number of amides is 1. The van der Waals surface area contributed by atoms with Gasteiger partial charge >= 0.3 is 0 Å². The maximum Gasteiger partial charge on any atom is 0.225 e. The second kappa shape index (κ2) is 14.3. The SMILES string of the molecule is COCCC(=O)N1CCN2C(CN(Cc3c(OC)nc(C4CC4)nc3OC(C)C)CC2C(c2ccccc2)c2ccccc2)C1. The first-order valence-corrected chi connectivity index (χ1v) is 16.4. The lowest BCUT2D eigenvalue weighted by Crippen LogP contribution is -2.67. The van der Waals surface area contributed by atoms with E-state index >= 15 is 0 Å². The van der Waals surface area contributed by atoms with Gasteiger partial charge in [-0.1, -0.05) is 60.7 Å². The van der Waals surface area contributed by atoms with Gasteiger partial charge in [-0.25, -0.2) is 0 Å². The number of methoxy groups -OCH3 is 2. The van der Waals surface area contributed by atoms with Crippen LogP contribution in [0.2, 0.25) is 0 Å². The zero-order valence-corrected chi connectivity index (χ0v) is 27.1. The van der Waals surface area contributed by atoms with E-state index in [1.807, 2.05) is 18.7 Å². The number of hydrogen-bond acceptors (Lipinski definition) is 8. The van der Waals surface area contributed by atoms with E-state index < -0.39 is 0 Å². The van der Waals surface area contributed by atoms with Crippen molar-refractivity contribution in [2.75, 3.05) is 53.6 Å². The normalized spacial score (nSPS) is 20.8. The van der Waals surface area contributed by atoms with Crippen molar-refractivity contribution in [1.82, 2.24) is 24.7 Å². The Morgan fingerprint density at radius 2 is 1.56 bits per heavy atom. The van der Waals surface area contributed by atoms with Crippen LogP contribution in [0.25, 0.3) is 0 Å². The Hall–Kier alpha value is -3.53. The number of carbonyl (C=O) groups excluding carboxylic acids is 1. The smallest absolute Gasteiger partial charge is 0.225 e. The summed E-state index contributed by atoms with van der Waals surface area (Å²) in [6.07, 6.45) is 2.60. The van der Waals surface area contributed by atoms with E-state index in [0.29, 0.717) is 43.8 Å². The van der Waals surface area contributed by atoms with Crippen molar-refractivity contribution < 1.29 is 19.0 Å². The molecule has 1 saturated carbocycles. The summed E-state index contributed by atoms with van der Waals surface area (Å²) in [5.74, 6) is 2.75. The van der Waals surface area contributed by atoms with Crippen LogP contribution in [0.3, 0.4) is 0 Å². The van der Waals surface area contributed by atoms with Crippen molar-refractivity contribution in [3.8, 4) is 11.8 Å². The van der Waals surface area contributed by atoms with Gasteiger partial charge in [0, 0.05) is 70.3 Å². The zero-order valence-electron chi connectivity index (χ0n) is 27.1. The zero-order chi connectivity index (χ0) is 31.3. The molecule has 2 aliphatic heterocycles. The molecule has 3 heterocycles. The third-order valence-electron chi connectivity index (χ3n) is 9.26. The molecule has 0 spiro atoms. The number of fused-ring (bicyclic) bond motifs is 1. The van der Waals surface area contributed by atoms with Crippen molar-refractivity contribution >= 4 is 5.91 Å². The summed E-state index contributed by atoms with van der Waals surface area (Å²) in [6.45, 7) is 9.02. The lowest BCUT2D eigenvalue weighted by Gasteiger charge is -2.53. The van der Waals surface area contributed by atoms with Gasteiger partial charge in [0.05, 0.1) is 31.8 Å². The van der Waals surface area contributed by atoms with Crippen LogP contribution in [-0.4, -0.2) is 102 Å². The molecule has 3 aromatic rings. The van der Waals surface area contributed by atoms with Gasteiger partial charge in [-0.2, -0.15) is 9.97 Å². The van der Waals surface area contributed by atoms with Crippen molar-refractivity contribution in [3.05, 3.63) is 83.2 Å². The number of aromatic nitrogens is 2. The Bertz CT molecular complexity index is 1380. The molecule has 2 aromatic carbocycles. The number of rotatable bonds is 12. The molecule has 2 saturated heterocycles. The molecule has 0 radical (unpaired) electrons. The predicted octanol–water partition coefficient (Wildman–Crippen LogP) is 4.72. The Morgan fingerprint density at radius 1 is 0.889 bits per heavy atom. The second-order valence-electron chi connectivity index (χ2n) is 12.9. The quantitative estimate of drug-likeness (QED) is 0.291. The first kappa shape index (κ1) is 31.5. The third-order valence-corrected chi connectivity index (χ3v) is 9.26. The molecule has 2 atom stereocenters. The van der Waals surface area contributed by atoms with Crippen LogP contribution >= 0.6 is 0 Å². The fraction of sp³-hybridized carbons (Fsp3) is 0.528. The van der Waals surface area contributed by atoms with Gasteiger partial charge in [-0.15, -0.1) is 0 Å². The summed E-state index contributed by atoms with van der Waals surface area (Å²) in [5, 5.41) is 0. The van der Waals surface area contributed by atoms with E-state index in [-0.39, 0.29) is 30.0 Å². The Morgan fingerprint density at radius 3 is 2.16 bits per heavy atom. The molecule has 45 heavy (non-hydrogen) atoms. The van der Waals surface area contributed by atoms with Gasteiger partial charge in [0.1, 0.15) is 5.82 Å². The predicted molar refractivity (Wildman–Crippen MR) is 174 cm³/mol. The summed E-state index contributed by atoms with van der Waals surface area (Å²) in [6, 6.07) is 22.1. The van der Waals surface area contributed by atoms with Crippen LogP contribution < -0.4 is 9.47 Å². The number of benzene rings is 2. The highest BCUT2D eigenvalue weighted by Crippen LogP contribution is 2.42. The Balaban J connectivity index is 1.36. The van der Waals surface area contributed by atoms with Gasteiger partial charge < -0.3 is 19.1 Å². The van der Waals surface area contributed by atoms with Crippen LogP contribution in [0.1, 0.15) is 67.5 Å². The fourth-order valence-corrected chi connectivity index (χ4v) is 7.00. The van der Waals surface area contributed by atoms with E-state index in [4.69, 9.17) is 24.2 Å². The number of nitrogens with zero attached hydrogens (tertiary/aromatic N) is 5. The summed E-state index contributed by atoms with van der Waals surface area (Å²) in [7, 11) is 3.34. The number of carbonyl (C=O) groups is 1. The Kier molecular flexibility index (Phi) is 9.97. The highest BCUT2D eigenvalue weighted by Gasteiger charge is 2.43. The van der Waals surface area contributed by atoms with Crippen molar-refractivity contribution in [1.29, 1.82) is 0 Å². The minimum Gasteiger partial charge on any atom is -0.481 e. The topological polar surface area (TPSA) is 80.3 Å². The van der Waals surface area contributed by atoms with E-state index in [0.717, 1.165) is 50.4 Å². The molecule has 2 unspecified atom stereocenters. The average Bonchev–Trinajstić information content (AvgIpc) is 3.91. The molecule has 240 valence electrons. The minimum absolute atomic E-state index is 0.0226. The van der Waals surface area contributed by atoms with Crippen LogP contribution in [-0.2, 0) is 16.1 Å². The van der Waals surface area contributed by atoms with E-state index in [1.54, 1.807) is 14.2 Å². The Labute approximate surface area is 267 Å².